The molecular formula is C15H20O3S. The molecule has 104 valence electrons. The topological polar surface area (TPSA) is 54.4 Å². The fourth-order valence-electron chi connectivity index (χ4n) is 3.43. The molecular weight excluding hydrogens is 260 g/mol. The Labute approximate surface area is 114 Å². The molecule has 1 aliphatic carbocycles. The molecule has 4 heteroatoms. The van der Waals surface area contributed by atoms with Crippen LogP contribution in [0.5, 0.6) is 0 Å². The number of hydrogen-bond donors (Lipinski definition) is 1. The molecule has 0 radical (unpaired) electrons. The fourth-order valence-corrected chi connectivity index (χ4v) is 5.45. The van der Waals surface area contributed by atoms with Gasteiger partial charge in [0.25, 0.3) is 0 Å². The normalized spacial score (nSPS) is 30.2. The van der Waals surface area contributed by atoms with E-state index in [9.17, 15) is 13.5 Å². The molecule has 0 bridgehead atoms. The van der Waals surface area contributed by atoms with Crippen LogP contribution < -0.4 is 0 Å². The summed E-state index contributed by atoms with van der Waals surface area (Å²) in [4.78, 5) is 0. The molecule has 0 spiro atoms. The minimum absolute atomic E-state index is 0.246. The Kier molecular flexibility index (Phi) is 3.39. The lowest BCUT2D eigenvalue weighted by Crippen LogP contribution is -2.40. The summed E-state index contributed by atoms with van der Waals surface area (Å²) in [6.45, 7) is 0. The highest BCUT2D eigenvalue weighted by Gasteiger charge is 2.37. The van der Waals surface area contributed by atoms with E-state index < -0.39 is 21.2 Å². The molecule has 1 aromatic rings. The van der Waals surface area contributed by atoms with Gasteiger partial charge in [-0.05, 0) is 42.7 Å². The maximum Gasteiger partial charge on any atom is 0.155 e. The van der Waals surface area contributed by atoms with Crippen LogP contribution in [0.1, 0.15) is 42.7 Å². The number of aliphatic hydroxyl groups is 1. The van der Waals surface area contributed by atoms with E-state index in [0.29, 0.717) is 18.8 Å². The van der Waals surface area contributed by atoms with Gasteiger partial charge in [0, 0.05) is 0 Å². The summed E-state index contributed by atoms with van der Waals surface area (Å²) in [5, 5.41) is 9.76. The second kappa shape index (κ2) is 4.91. The van der Waals surface area contributed by atoms with Gasteiger partial charge in [-0.2, -0.15) is 0 Å². The van der Waals surface area contributed by atoms with Gasteiger partial charge >= 0.3 is 0 Å². The van der Waals surface area contributed by atoms with Crippen molar-refractivity contribution in [2.24, 2.45) is 0 Å². The van der Waals surface area contributed by atoms with E-state index in [1.807, 2.05) is 12.1 Å². The quantitative estimate of drug-likeness (QED) is 0.922. The molecule has 3 unspecified atom stereocenters. The lowest BCUT2D eigenvalue weighted by Gasteiger charge is -2.34. The molecule has 0 saturated carbocycles. The summed E-state index contributed by atoms with van der Waals surface area (Å²) < 4.78 is 24.0. The minimum Gasteiger partial charge on any atom is -0.392 e. The van der Waals surface area contributed by atoms with Crippen LogP contribution in [0.3, 0.4) is 0 Å². The Balaban J connectivity index is 1.68. The molecule has 1 N–H and O–H groups in total. The molecule has 1 aromatic carbocycles. The number of aliphatic hydroxyl groups excluding tert-OH is 1. The summed E-state index contributed by atoms with van der Waals surface area (Å²) in [6, 6.07) is 8.23. The van der Waals surface area contributed by atoms with Crippen molar-refractivity contribution in [3.8, 4) is 0 Å². The third kappa shape index (κ3) is 2.43. The van der Waals surface area contributed by atoms with Crippen LogP contribution in [0.25, 0.3) is 0 Å². The zero-order valence-corrected chi connectivity index (χ0v) is 11.8. The van der Waals surface area contributed by atoms with Gasteiger partial charge in [0.2, 0.25) is 0 Å². The van der Waals surface area contributed by atoms with Gasteiger partial charge in [-0.3, -0.25) is 0 Å². The van der Waals surface area contributed by atoms with Crippen LogP contribution in [0, 0.1) is 0 Å². The van der Waals surface area contributed by atoms with E-state index in [-0.39, 0.29) is 5.75 Å². The van der Waals surface area contributed by atoms with E-state index in [2.05, 4.69) is 12.1 Å². The summed E-state index contributed by atoms with van der Waals surface area (Å²) in [5.74, 6) is 0.582. The first kappa shape index (κ1) is 13.1. The van der Waals surface area contributed by atoms with E-state index in [4.69, 9.17) is 0 Å². The monoisotopic (exact) mass is 280 g/mol. The van der Waals surface area contributed by atoms with E-state index in [1.54, 1.807) is 0 Å². The standard InChI is InChI=1S/C15H20O3S/c16-14(15-7-3-4-8-19(15,17)18)10-12-9-11-5-1-2-6-13(11)12/h1-2,5-6,12,14-16H,3-4,7-10H2. The fraction of sp³-hybridized carbons (Fsp3) is 0.600. The molecule has 1 saturated heterocycles. The van der Waals surface area contributed by atoms with Gasteiger partial charge in [-0.15, -0.1) is 0 Å². The van der Waals surface area contributed by atoms with Crippen LogP contribution in [0.15, 0.2) is 24.3 Å². The predicted octanol–water partition coefficient (Wildman–Crippen LogP) is 2.04. The van der Waals surface area contributed by atoms with Crippen molar-refractivity contribution < 1.29 is 13.5 Å². The first-order chi connectivity index (χ1) is 9.08. The van der Waals surface area contributed by atoms with Crippen LogP contribution in [0.2, 0.25) is 0 Å². The van der Waals surface area contributed by atoms with Crippen molar-refractivity contribution in [1.29, 1.82) is 0 Å². The highest BCUT2D eigenvalue weighted by Crippen LogP contribution is 2.39. The largest absolute Gasteiger partial charge is 0.392 e. The van der Waals surface area contributed by atoms with Gasteiger partial charge in [-0.1, -0.05) is 30.7 Å². The van der Waals surface area contributed by atoms with Crippen LogP contribution in [-0.2, 0) is 16.3 Å². The molecule has 19 heavy (non-hydrogen) atoms. The van der Waals surface area contributed by atoms with Gasteiger partial charge in [0.15, 0.2) is 9.84 Å². The molecule has 1 heterocycles. The third-order valence-electron chi connectivity index (χ3n) is 4.55. The summed E-state index contributed by atoms with van der Waals surface area (Å²) in [5.41, 5.74) is 2.63. The second-order valence-electron chi connectivity index (χ2n) is 5.80. The van der Waals surface area contributed by atoms with Crippen LogP contribution >= 0.6 is 0 Å². The lowest BCUT2D eigenvalue weighted by atomic mass is 9.74. The maximum absolute atomic E-state index is 12.0. The summed E-state index contributed by atoms with van der Waals surface area (Å²) in [6.07, 6.45) is 3.14. The van der Waals surface area contributed by atoms with Crippen molar-refractivity contribution in [2.45, 2.75) is 49.4 Å². The Bertz CT molecular complexity index is 565. The number of sulfone groups is 1. The highest BCUT2D eigenvalue weighted by atomic mass is 32.2. The Morgan fingerprint density at radius 3 is 2.79 bits per heavy atom. The molecule has 3 rings (SSSR count). The van der Waals surface area contributed by atoms with Crippen molar-refractivity contribution in [1.82, 2.24) is 0 Å². The van der Waals surface area contributed by atoms with Crippen molar-refractivity contribution in [2.75, 3.05) is 5.75 Å². The maximum atomic E-state index is 12.0. The lowest BCUT2D eigenvalue weighted by molar-refractivity contribution is 0.139. The Morgan fingerprint density at radius 1 is 1.26 bits per heavy atom. The van der Waals surface area contributed by atoms with Gasteiger partial charge in [0.1, 0.15) is 0 Å². The first-order valence-corrected chi connectivity index (χ1v) is 8.77. The number of rotatable bonds is 3. The molecule has 1 fully saturated rings. The van der Waals surface area contributed by atoms with E-state index >= 15 is 0 Å². The van der Waals surface area contributed by atoms with Crippen molar-refractivity contribution in [3.05, 3.63) is 35.4 Å². The highest BCUT2D eigenvalue weighted by molar-refractivity contribution is 7.92. The predicted molar refractivity (Wildman–Crippen MR) is 74.9 cm³/mol. The second-order valence-corrected chi connectivity index (χ2v) is 8.14. The molecule has 0 amide bonds. The molecule has 1 aliphatic heterocycles. The SMILES string of the molecule is O=S1(=O)CCCCC1C(O)CC1Cc2ccccc21. The van der Waals surface area contributed by atoms with Gasteiger partial charge in [0.05, 0.1) is 17.1 Å². The van der Waals surface area contributed by atoms with Crippen LogP contribution in [-0.4, -0.2) is 30.6 Å². The van der Waals surface area contributed by atoms with Crippen molar-refractivity contribution in [3.63, 3.8) is 0 Å². The Hall–Kier alpha value is -0.870. The number of benzene rings is 1. The van der Waals surface area contributed by atoms with Gasteiger partial charge in [-0.25, -0.2) is 8.42 Å². The molecule has 0 aromatic heterocycles. The molecule has 3 nitrogen and oxygen atoms in total. The van der Waals surface area contributed by atoms with E-state index in [0.717, 1.165) is 19.3 Å². The number of hydrogen-bond acceptors (Lipinski definition) is 3. The van der Waals surface area contributed by atoms with Gasteiger partial charge < -0.3 is 5.11 Å². The summed E-state index contributed by atoms with van der Waals surface area (Å²) in [7, 11) is -3.08. The first-order valence-electron chi connectivity index (χ1n) is 7.05. The van der Waals surface area contributed by atoms with Crippen LogP contribution in [0.4, 0.5) is 0 Å². The van der Waals surface area contributed by atoms with E-state index in [1.165, 1.54) is 11.1 Å². The zero-order valence-electron chi connectivity index (χ0n) is 11.0. The van der Waals surface area contributed by atoms with Crippen molar-refractivity contribution >= 4 is 9.84 Å². The minimum atomic E-state index is -3.08. The smallest absolute Gasteiger partial charge is 0.155 e. The average Bonchev–Trinajstić information content (AvgIpc) is 2.35. The number of fused-ring (bicyclic) bond motifs is 1. The molecule has 3 atom stereocenters. The average molecular weight is 280 g/mol. The molecule has 2 aliphatic rings. The third-order valence-corrected chi connectivity index (χ3v) is 6.88. The Morgan fingerprint density at radius 2 is 2.05 bits per heavy atom. The summed E-state index contributed by atoms with van der Waals surface area (Å²) >= 11 is 0. The zero-order chi connectivity index (χ0) is 13.5.